The summed E-state index contributed by atoms with van der Waals surface area (Å²) < 4.78 is 0. The molecule has 2 aliphatic heterocycles. The molecule has 1 atom stereocenters. The molecule has 0 N–H and O–H groups in total. The highest BCUT2D eigenvalue weighted by Gasteiger charge is 2.31. The summed E-state index contributed by atoms with van der Waals surface area (Å²) in [5.41, 5.74) is 0.940. The van der Waals surface area contributed by atoms with Gasteiger partial charge in [-0.2, -0.15) is 0 Å². The number of nitrogens with zero attached hydrogens (tertiary/aromatic N) is 3. The molecule has 1 unspecified atom stereocenters. The number of anilines is 1. The van der Waals surface area contributed by atoms with Gasteiger partial charge >= 0.3 is 0 Å². The molecule has 6 nitrogen and oxygen atoms in total. The van der Waals surface area contributed by atoms with Gasteiger partial charge in [0.1, 0.15) is 0 Å². The summed E-state index contributed by atoms with van der Waals surface area (Å²) in [7, 11) is 0. The van der Waals surface area contributed by atoms with Crippen LogP contribution in [0.15, 0.2) is 18.2 Å². The number of piperazine rings is 1. The third-order valence-electron chi connectivity index (χ3n) is 4.51. The zero-order valence-corrected chi connectivity index (χ0v) is 12.1. The zero-order chi connectivity index (χ0) is 15.0. The topological polar surface area (TPSA) is 66.7 Å². The monoisotopic (exact) mass is 289 g/mol. The molecule has 2 heterocycles. The van der Waals surface area contributed by atoms with E-state index in [4.69, 9.17) is 0 Å². The van der Waals surface area contributed by atoms with Crippen molar-refractivity contribution in [1.29, 1.82) is 0 Å². The third-order valence-corrected chi connectivity index (χ3v) is 4.51. The fourth-order valence-electron chi connectivity index (χ4n) is 3.39. The van der Waals surface area contributed by atoms with Gasteiger partial charge in [-0.25, -0.2) is 0 Å². The smallest absolute Gasteiger partial charge is 0.282 e. The molecule has 1 aromatic carbocycles. The van der Waals surface area contributed by atoms with Gasteiger partial charge in [-0.3, -0.25) is 19.8 Å². The average Bonchev–Trinajstić information content (AvgIpc) is 2.93. The van der Waals surface area contributed by atoms with Crippen molar-refractivity contribution < 1.29 is 9.72 Å². The number of benzene rings is 1. The highest BCUT2D eigenvalue weighted by molar-refractivity contribution is 5.98. The Morgan fingerprint density at radius 1 is 1.33 bits per heavy atom. The predicted molar refractivity (Wildman–Crippen MR) is 79.9 cm³/mol. The molecule has 6 heteroatoms. The molecule has 2 aliphatic rings. The van der Waals surface area contributed by atoms with Crippen LogP contribution in [0.1, 0.15) is 30.1 Å². The van der Waals surface area contributed by atoms with Crippen LogP contribution in [0.25, 0.3) is 0 Å². The Balaban J connectivity index is 1.87. The maximum Gasteiger partial charge on any atom is 0.282 e. The summed E-state index contributed by atoms with van der Waals surface area (Å²) in [6.07, 6.45) is 2.44. The Kier molecular flexibility index (Phi) is 3.63. The Morgan fingerprint density at radius 2 is 2.14 bits per heavy atom. The standard InChI is InChI=1S/C15H19N3O3/c1-11(19)14-5-4-12(9-15(14)18(20)21)17-8-7-16-6-2-3-13(16)10-17/h4-5,9,13H,2-3,6-8,10H2,1H3. The van der Waals surface area contributed by atoms with E-state index in [9.17, 15) is 14.9 Å². The molecule has 0 aromatic heterocycles. The molecular weight excluding hydrogens is 270 g/mol. The molecule has 0 saturated carbocycles. The van der Waals surface area contributed by atoms with Gasteiger partial charge in [-0.15, -0.1) is 0 Å². The van der Waals surface area contributed by atoms with Gasteiger partial charge < -0.3 is 4.90 Å². The summed E-state index contributed by atoms with van der Waals surface area (Å²) in [6.45, 7) is 5.33. The number of nitro groups is 1. The van der Waals surface area contributed by atoms with Crippen LogP contribution >= 0.6 is 0 Å². The molecule has 0 amide bonds. The van der Waals surface area contributed by atoms with E-state index in [2.05, 4.69) is 9.80 Å². The van der Waals surface area contributed by atoms with Crippen molar-refractivity contribution in [3.8, 4) is 0 Å². The lowest BCUT2D eigenvalue weighted by molar-refractivity contribution is -0.385. The van der Waals surface area contributed by atoms with Crippen molar-refractivity contribution >= 4 is 17.2 Å². The molecule has 0 bridgehead atoms. The minimum absolute atomic E-state index is 0.0890. The van der Waals surface area contributed by atoms with E-state index in [-0.39, 0.29) is 17.0 Å². The van der Waals surface area contributed by atoms with Crippen molar-refractivity contribution in [2.24, 2.45) is 0 Å². The largest absolute Gasteiger partial charge is 0.368 e. The van der Waals surface area contributed by atoms with Gasteiger partial charge in [0.15, 0.2) is 5.78 Å². The highest BCUT2D eigenvalue weighted by atomic mass is 16.6. The van der Waals surface area contributed by atoms with Crippen LogP contribution in [0.4, 0.5) is 11.4 Å². The Hall–Kier alpha value is -1.95. The number of carbonyl (C=O) groups excluding carboxylic acids is 1. The van der Waals surface area contributed by atoms with Gasteiger partial charge in [0, 0.05) is 37.4 Å². The maximum absolute atomic E-state index is 11.5. The maximum atomic E-state index is 11.5. The summed E-state index contributed by atoms with van der Waals surface area (Å²) in [4.78, 5) is 26.9. The van der Waals surface area contributed by atoms with E-state index < -0.39 is 4.92 Å². The number of Topliss-reactive ketones (excluding diaryl/α,β-unsaturated/α-hetero) is 1. The van der Waals surface area contributed by atoms with E-state index in [0.29, 0.717) is 6.04 Å². The molecule has 0 aliphatic carbocycles. The zero-order valence-electron chi connectivity index (χ0n) is 12.1. The number of hydrogen-bond acceptors (Lipinski definition) is 5. The Labute approximate surface area is 123 Å². The van der Waals surface area contributed by atoms with E-state index in [0.717, 1.165) is 25.3 Å². The van der Waals surface area contributed by atoms with Crippen LogP contribution < -0.4 is 4.90 Å². The summed E-state index contributed by atoms with van der Waals surface area (Å²) in [6, 6.07) is 5.51. The molecule has 112 valence electrons. The Bertz CT molecular complexity index is 588. The van der Waals surface area contributed by atoms with Crippen LogP contribution in [-0.4, -0.2) is 47.8 Å². The van der Waals surface area contributed by atoms with E-state index in [1.165, 1.54) is 26.3 Å². The lowest BCUT2D eigenvalue weighted by atomic mass is 10.1. The van der Waals surface area contributed by atoms with Crippen LogP contribution in [0.3, 0.4) is 0 Å². The SMILES string of the molecule is CC(=O)c1ccc(N2CCN3CCCC3C2)cc1[N+](=O)[O-]. The first kappa shape index (κ1) is 14.0. The van der Waals surface area contributed by atoms with Crippen LogP contribution in [0, 0.1) is 10.1 Å². The minimum Gasteiger partial charge on any atom is -0.368 e. The van der Waals surface area contributed by atoms with Crippen LogP contribution in [0.5, 0.6) is 0 Å². The Morgan fingerprint density at radius 3 is 2.86 bits per heavy atom. The van der Waals surface area contributed by atoms with Crippen molar-refractivity contribution in [2.75, 3.05) is 31.1 Å². The average molecular weight is 289 g/mol. The number of carbonyl (C=O) groups is 1. The number of fused-ring (bicyclic) bond motifs is 1. The van der Waals surface area contributed by atoms with E-state index >= 15 is 0 Å². The fraction of sp³-hybridized carbons (Fsp3) is 0.533. The van der Waals surface area contributed by atoms with E-state index in [1.807, 2.05) is 6.07 Å². The summed E-state index contributed by atoms with van der Waals surface area (Å²) in [5, 5.41) is 11.2. The molecule has 2 fully saturated rings. The van der Waals surface area contributed by atoms with Crippen LogP contribution in [0.2, 0.25) is 0 Å². The second-order valence-electron chi connectivity index (χ2n) is 5.79. The van der Waals surface area contributed by atoms with Crippen molar-refractivity contribution in [2.45, 2.75) is 25.8 Å². The second kappa shape index (κ2) is 5.44. The number of ketones is 1. The minimum atomic E-state index is -0.466. The van der Waals surface area contributed by atoms with Crippen LogP contribution in [-0.2, 0) is 0 Å². The molecule has 2 saturated heterocycles. The first-order chi connectivity index (χ1) is 10.1. The van der Waals surface area contributed by atoms with Crippen molar-refractivity contribution in [3.63, 3.8) is 0 Å². The number of rotatable bonds is 3. The first-order valence-corrected chi connectivity index (χ1v) is 7.34. The quantitative estimate of drug-likeness (QED) is 0.484. The molecule has 0 radical (unpaired) electrons. The molecule has 3 rings (SSSR count). The van der Waals surface area contributed by atoms with Gasteiger partial charge in [-0.1, -0.05) is 0 Å². The fourth-order valence-corrected chi connectivity index (χ4v) is 3.39. The predicted octanol–water partition coefficient (Wildman–Crippen LogP) is 2.08. The van der Waals surface area contributed by atoms with Gasteiger partial charge in [0.05, 0.1) is 10.5 Å². The van der Waals surface area contributed by atoms with E-state index in [1.54, 1.807) is 12.1 Å². The highest BCUT2D eigenvalue weighted by Crippen LogP contribution is 2.29. The molecule has 1 aromatic rings. The third kappa shape index (κ3) is 2.63. The molecular formula is C15H19N3O3. The molecule has 0 spiro atoms. The van der Waals surface area contributed by atoms with Crippen molar-refractivity contribution in [1.82, 2.24) is 4.90 Å². The van der Waals surface area contributed by atoms with Gasteiger partial charge in [0.25, 0.3) is 5.69 Å². The first-order valence-electron chi connectivity index (χ1n) is 7.34. The normalized spacial score (nSPS) is 22.1. The van der Waals surface area contributed by atoms with Gasteiger partial charge in [0.2, 0.25) is 0 Å². The lowest BCUT2D eigenvalue weighted by Crippen LogP contribution is -2.50. The number of hydrogen-bond donors (Lipinski definition) is 0. The summed E-state index contributed by atoms with van der Waals surface area (Å²) in [5.74, 6) is -0.270. The molecule has 21 heavy (non-hydrogen) atoms. The number of nitro benzene ring substituents is 1. The van der Waals surface area contributed by atoms with Gasteiger partial charge in [-0.05, 0) is 38.4 Å². The summed E-state index contributed by atoms with van der Waals surface area (Å²) >= 11 is 0. The lowest BCUT2D eigenvalue weighted by Gasteiger charge is -2.38. The van der Waals surface area contributed by atoms with Crippen molar-refractivity contribution in [3.05, 3.63) is 33.9 Å². The second-order valence-corrected chi connectivity index (χ2v) is 5.79.